The van der Waals surface area contributed by atoms with E-state index in [1.807, 2.05) is 30.3 Å². The summed E-state index contributed by atoms with van der Waals surface area (Å²) in [7, 11) is 0. The summed E-state index contributed by atoms with van der Waals surface area (Å²) in [6, 6.07) is 17.6. The Bertz CT molecular complexity index is 1100. The Labute approximate surface area is 197 Å². The van der Waals surface area contributed by atoms with E-state index in [1.165, 1.54) is 68.0 Å². The first kappa shape index (κ1) is 21.2. The number of para-hydroxylation sites is 1. The molecule has 4 nitrogen and oxygen atoms in total. The lowest BCUT2D eigenvalue weighted by Gasteiger charge is -2.40. The van der Waals surface area contributed by atoms with Crippen LogP contribution in [0.5, 0.6) is 5.75 Å². The molecular weight excluding hydrogens is 408 g/mol. The second-order valence-electron chi connectivity index (χ2n) is 10.3. The van der Waals surface area contributed by atoms with Gasteiger partial charge in [-0.25, -0.2) is 0 Å². The van der Waals surface area contributed by atoms with Crippen molar-refractivity contribution in [2.24, 2.45) is 0 Å². The average molecular weight is 445 g/mol. The third-order valence-electron chi connectivity index (χ3n) is 8.22. The second kappa shape index (κ2) is 9.15. The third kappa shape index (κ3) is 4.08. The minimum Gasteiger partial charge on any atom is -0.491 e. The number of aryl methyl sites for hydroxylation is 1. The van der Waals surface area contributed by atoms with Gasteiger partial charge in [0.1, 0.15) is 18.5 Å². The summed E-state index contributed by atoms with van der Waals surface area (Å²) < 4.78 is 8.42. The Hall–Kier alpha value is -2.30. The fourth-order valence-corrected chi connectivity index (χ4v) is 6.64. The lowest BCUT2D eigenvalue weighted by molar-refractivity contribution is 0.0375. The van der Waals surface area contributed by atoms with Gasteiger partial charge in [0.05, 0.1) is 6.04 Å². The normalized spacial score (nSPS) is 22.3. The van der Waals surface area contributed by atoms with Crippen LogP contribution in [-0.4, -0.2) is 40.4 Å². The van der Waals surface area contributed by atoms with E-state index in [4.69, 9.17) is 4.74 Å². The number of aliphatic hydroxyl groups is 1. The highest BCUT2D eigenvalue weighted by molar-refractivity contribution is 5.87. The summed E-state index contributed by atoms with van der Waals surface area (Å²) in [4.78, 5) is 2.51. The number of ether oxygens (including phenoxy) is 1. The zero-order valence-corrected chi connectivity index (χ0v) is 19.6. The number of rotatable bonds is 6. The van der Waals surface area contributed by atoms with E-state index in [9.17, 15) is 5.11 Å². The van der Waals surface area contributed by atoms with E-state index in [0.717, 1.165) is 24.8 Å². The highest BCUT2D eigenvalue weighted by Gasteiger charge is 2.35. The highest BCUT2D eigenvalue weighted by atomic mass is 16.5. The van der Waals surface area contributed by atoms with E-state index < -0.39 is 6.10 Å². The van der Waals surface area contributed by atoms with Crippen molar-refractivity contribution in [2.75, 3.05) is 19.7 Å². The van der Waals surface area contributed by atoms with Crippen molar-refractivity contribution in [3.8, 4) is 5.75 Å². The van der Waals surface area contributed by atoms with Gasteiger partial charge in [-0.15, -0.1) is 0 Å². The summed E-state index contributed by atoms with van der Waals surface area (Å²) in [5, 5.41) is 12.3. The van der Waals surface area contributed by atoms with E-state index in [1.54, 1.807) is 11.1 Å². The number of fused-ring (bicyclic) bond motifs is 3. The molecule has 1 N–H and O–H groups in total. The molecule has 2 atom stereocenters. The third-order valence-corrected chi connectivity index (χ3v) is 8.22. The number of aromatic nitrogens is 1. The Kier molecular flexibility index (Phi) is 5.89. The van der Waals surface area contributed by atoms with E-state index in [0.29, 0.717) is 19.2 Å². The molecule has 0 saturated heterocycles. The molecule has 1 saturated carbocycles. The predicted octanol–water partition coefficient (Wildman–Crippen LogP) is 5.82. The van der Waals surface area contributed by atoms with Crippen LogP contribution in [0.3, 0.4) is 0 Å². The standard InChI is InChI=1S/C29H36N2O2/c32-23(20-33-24-10-5-2-6-11-24)19-30-16-17-31-27-15-14-22(21-8-3-1-4-9-21)18-26(27)25-12-7-13-28(30)29(25)31/h2,5-6,10-11,14-15,18,21,23,28,32H,1,3-4,7-9,12-13,16-17,19-20H2/t23-,28+/m1/s1. The Morgan fingerprint density at radius 2 is 1.79 bits per heavy atom. The Balaban J connectivity index is 1.23. The van der Waals surface area contributed by atoms with Crippen molar-refractivity contribution in [2.45, 2.75) is 76.0 Å². The molecule has 2 aromatic carbocycles. The lowest BCUT2D eigenvalue weighted by Crippen LogP contribution is -2.44. The van der Waals surface area contributed by atoms with Crippen molar-refractivity contribution >= 4 is 10.9 Å². The van der Waals surface area contributed by atoms with Crippen molar-refractivity contribution in [1.29, 1.82) is 0 Å². The molecule has 0 spiro atoms. The van der Waals surface area contributed by atoms with E-state index in [2.05, 4.69) is 27.7 Å². The lowest BCUT2D eigenvalue weighted by atomic mass is 9.83. The molecule has 1 fully saturated rings. The number of nitrogens with zero attached hydrogens (tertiary/aromatic N) is 2. The molecule has 3 aromatic rings. The summed E-state index contributed by atoms with van der Waals surface area (Å²) in [5.41, 5.74) is 6.10. The molecule has 2 heterocycles. The summed E-state index contributed by atoms with van der Waals surface area (Å²) in [6.07, 6.45) is 10.0. The minimum atomic E-state index is -0.482. The molecule has 1 aliphatic heterocycles. The summed E-state index contributed by atoms with van der Waals surface area (Å²) in [5.74, 6) is 1.58. The number of β-amino-alcohol motifs (C(OH)–C–C–N with tert-alkyl or cyclic N) is 1. The van der Waals surface area contributed by atoms with Crippen LogP contribution < -0.4 is 4.74 Å². The van der Waals surface area contributed by atoms with E-state index in [-0.39, 0.29) is 0 Å². The highest BCUT2D eigenvalue weighted by Crippen LogP contribution is 2.44. The van der Waals surface area contributed by atoms with Crippen LogP contribution in [0.25, 0.3) is 10.9 Å². The van der Waals surface area contributed by atoms with Gasteiger partial charge in [-0.1, -0.05) is 43.5 Å². The van der Waals surface area contributed by atoms with Crippen LogP contribution in [-0.2, 0) is 13.0 Å². The van der Waals surface area contributed by atoms with Crippen LogP contribution >= 0.6 is 0 Å². The van der Waals surface area contributed by atoms with Gasteiger partial charge in [-0.05, 0) is 73.4 Å². The number of hydrogen-bond acceptors (Lipinski definition) is 3. The topological polar surface area (TPSA) is 37.6 Å². The van der Waals surface area contributed by atoms with Gasteiger partial charge in [-0.2, -0.15) is 0 Å². The maximum absolute atomic E-state index is 10.8. The molecule has 4 heteroatoms. The van der Waals surface area contributed by atoms with Gasteiger partial charge in [0.25, 0.3) is 0 Å². The molecule has 6 rings (SSSR count). The quantitative estimate of drug-likeness (QED) is 0.520. The average Bonchev–Trinajstić information content (AvgIpc) is 3.20. The maximum Gasteiger partial charge on any atom is 0.119 e. The predicted molar refractivity (Wildman–Crippen MR) is 133 cm³/mol. The molecule has 0 unspecified atom stereocenters. The van der Waals surface area contributed by atoms with E-state index >= 15 is 0 Å². The Morgan fingerprint density at radius 1 is 0.939 bits per heavy atom. The van der Waals surface area contributed by atoms with Gasteiger partial charge in [-0.3, -0.25) is 4.90 Å². The largest absolute Gasteiger partial charge is 0.491 e. The SMILES string of the molecule is O[C@@H](COc1ccccc1)CN1CCn2c3c(c4cc(C5CCCCC5)ccc42)CCC[C@@H]31. The van der Waals surface area contributed by atoms with Crippen LogP contribution in [0.15, 0.2) is 48.5 Å². The van der Waals surface area contributed by atoms with Crippen molar-refractivity contribution < 1.29 is 9.84 Å². The number of benzene rings is 2. The Morgan fingerprint density at radius 3 is 2.64 bits per heavy atom. The fraction of sp³-hybridized carbons (Fsp3) is 0.517. The zero-order valence-electron chi connectivity index (χ0n) is 19.6. The molecule has 174 valence electrons. The fourth-order valence-electron chi connectivity index (χ4n) is 6.64. The maximum atomic E-state index is 10.8. The van der Waals surface area contributed by atoms with Crippen molar-refractivity contribution in [3.63, 3.8) is 0 Å². The van der Waals surface area contributed by atoms with Gasteiger partial charge in [0.2, 0.25) is 0 Å². The molecule has 1 aromatic heterocycles. The van der Waals surface area contributed by atoms with Crippen LogP contribution in [0.4, 0.5) is 0 Å². The molecule has 0 radical (unpaired) electrons. The van der Waals surface area contributed by atoms with Gasteiger partial charge in [0, 0.05) is 36.2 Å². The molecule has 33 heavy (non-hydrogen) atoms. The first-order valence-corrected chi connectivity index (χ1v) is 13.0. The van der Waals surface area contributed by atoms with Crippen LogP contribution in [0.1, 0.15) is 73.7 Å². The molecular formula is C29H36N2O2. The zero-order chi connectivity index (χ0) is 22.2. The van der Waals surface area contributed by atoms with Gasteiger partial charge >= 0.3 is 0 Å². The number of aliphatic hydroxyl groups excluding tert-OH is 1. The van der Waals surface area contributed by atoms with Gasteiger partial charge < -0.3 is 14.4 Å². The molecule has 3 aliphatic rings. The molecule has 2 aliphatic carbocycles. The van der Waals surface area contributed by atoms with Crippen LogP contribution in [0.2, 0.25) is 0 Å². The molecule has 0 amide bonds. The monoisotopic (exact) mass is 444 g/mol. The van der Waals surface area contributed by atoms with Crippen molar-refractivity contribution in [1.82, 2.24) is 9.47 Å². The van der Waals surface area contributed by atoms with Crippen molar-refractivity contribution in [3.05, 3.63) is 65.4 Å². The summed E-state index contributed by atoms with van der Waals surface area (Å²) >= 11 is 0. The smallest absolute Gasteiger partial charge is 0.119 e. The van der Waals surface area contributed by atoms with Gasteiger partial charge in [0.15, 0.2) is 0 Å². The minimum absolute atomic E-state index is 0.341. The summed E-state index contributed by atoms with van der Waals surface area (Å²) in [6.45, 7) is 3.02. The first-order valence-electron chi connectivity index (χ1n) is 13.0. The second-order valence-corrected chi connectivity index (χ2v) is 10.3. The van der Waals surface area contributed by atoms with Crippen LogP contribution in [0, 0.1) is 0 Å². The number of hydrogen-bond donors (Lipinski definition) is 1. The first-order chi connectivity index (χ1) is 16.3. The molecule has 0 bridgehead atoms.